The lowest BCUT2D eigenvalue weighted by molar-refractivity contribution is -0.141. The van der Waals surface area contributed by atoms with Crippen LogP contribution in [0, 0.1) is 0 Å². The van der Waals surface area contributed by atoms with Crippen molar-refractivity contribution in [3.63, 3.8) is 0 Å². The Labute approximate surface area is 151 Å². The molecule has 138 valence electrons. The number of likely N-dealkylation sites (tertiary alicyclic amines) is 1. The second kappa shape index (κ2) is 7.48. The van der Waals surface area contributed by atoms with Gasteiger partial charge in [-0.15, -0.1) is 0 Å². The van der Waals surface area contributed by atoms with Gasteiger partial charge in [0.1, 0.15) is 11.4 Å². The van der Waals surface area contributed by atoms with Crippen molar-refractivity contribution in [2.24, 2.45) is 0 Å². The van der Waals surface area contributed by atoms with Crippen LogP contribution in [0.5, 0.6) is 0 Å². The molecule has 1 fully saturated rings. The average molecular weight is 384 g/mol. The van der Waals surface area contributed by atoms with E-state index in [1.807, 2.05) is 0 Å². The first kappa shape index (κ1) is 18.4. The van der Waals surface area contributed by atoms with Gasteiger partial charge >= 0.3 is 6.18 Å². The summed E-state index contributed by atoms with van der Waals surface area (Å²) in [4.78, 5) is 36.1. The molecule has 1 N–H and O–H groups in total. The predicted octanol–water partition coefficient (Wildman–Crippen LogP) is 3.03. The molecule has 1 amide bonds. The molecule has 0 unspecified atom stereocenters. The van der Waals surface area contributed by atoms with E-state index in [4.69, 9.17) is 0 Å². The lowest BCUT2D eigenvalue weighted by Gasteiger charge is -2.13. The molecular formula is C16H15F3N4O2S. The van der Waals surface area contributed by atoms with E-state index in [1.165, 1.54) is 12.3 Å². The second-order valence-corrected chi connectivity index (χ2v) is 6.68. The van der Waals surface area contributed by atoms with Crippen molar-refractivity contribution in [3.05, 3.63) is 41.5 Å². The molecule has 1 aliphatic heterocycles. The van der Waals surface area contributed by atoms with Gasteiger partial charge in [0.05, 0.1) is 5.75 Å². The summed E-state index contributed by atoms with van der Waals surface area (Å²) in [5.74, 6) is -0.612. The van der Waals surface area contributed by atoms with E-state index in [0.717, 1.165) is 36.9 Å². The van der Waals surface area contributed by atoms with Crippen LogP contribution >= 0.6 is 11.8 Å². The highest BCUT2D eigenvalue weighted by atomic mass is 32.2. The number of alkyl halides is 3. The first-order chi connectivity index (χ1) is 12.3. The topological polar surface area (TPSA) is 79.0 Å². The number of carbonyl (C=O) groups excluding carboxylic acids is 2. The predicted molar refractivity (Wildman–Crippen MR) is 88.0 cm³/mol. The molecule has 0 aliphatic carbocycles. The number of amides is 1. The average Bonchev–Trinajstić information content (AvgIpc) is 3.30. The zero-order chi connectivity index (χ0) is 18.7. The SMILES string of the molecule is O=C(CSc1nccc(C(F)(F)F)n1)c1c[nH]c(C(=O)N2CCCC2)c1. The van der Waals surface area contributed by atoms with Gasteiger partial charge in [-0.3, -0.25) is 9.59 Å². The molecule has 1 saturated heterocycles. The summed E-state index contributed by atoms with van der Waals surface area (Å²) in [7, 11) is 0. The first-order valence-electron chi connectivity index (χ1n) is 7.88. The zero-order valence-corrected chi connectivity index (χ0v) is 14.4. The molecule has 1 aliphatic rings. The van der Waals surface area contributed by atoms with Crippen molar-refractivity contribution < 1.29 is 22.8 Å². The zero-order valence-electron chi connectivity index (χ0n) is 13.5. The van der Waals surface area contributed by atoms with E-state index in [2.05, 4.69) is 15.0 Å². The number of thioether (sulfide) groups is 1. The number of H-pyrrole nitrogens is 1. The van der Waals surface area contributed by atoms with Gasteiger partial charge in [0.25, 0.3) is 5.91 Å². The summed E-state index contributed by atoms with van der Waals surface area (Å²) in [6.07, 6.45) is -0.198. The lowest BCUT2D eigenvalue weighted by atomic mass is 10.2. The summed E-state index contributed by atoms with van der Waals surface area (Å²) in [6.45, 7) is 1.40. The van der Waals surface area contributed by atoms with Crippen LogP contribution in [-0.2, 0) is 6.18 Å². The molecule has 6 nitrogen and oxygen atoms in total. The van der Waals surface area contributed by atoms with Crippen LogP contribution in [0.2, 0.25) is 0 Å². The number of hydrogen-bond donors (Lipinski definition) is 1. The van der Waals surface area contributed by atoms with Gasteiger partial charge in [0.2, 0.25) is 0 Å². The summed E-state index contributed by atoms with van der Waals surface area (Å²) >= 11 is 0.816. The number of rotatable bonds is 5. The van der Waals surface area contributed by atoms with E-state index < -0.39 is 11.9 Å². The Morgan fingerprint density at radius 3 is 2.69 bits per heavy atom. The monoisotopic (exact) mass is 384 g/mol. The fraction of sp³-hybridized carbons (Fsp3) is 0.375. The minimum absolute atomic E-state index is 0.128. The summed E-state index contributed by atoms with van der Waals surface area (Å²) in [5, 5.41) is -0.128. The second-order valence-electron chi connectivity index (χ2n) is 5.74. The maximum absolute atomic E-state index is 12.6. The van der Waals surface area contributed by atoms with Crippen molar-refractivity contribution in [1.82, 2.24) is 19.9 Å². The quantitative estimate of drug-likeness (QED) is 0.487. The van der Waals surface area contributed by atoms with E-state index in [-0.39, 0.29) is 22.6 Å². The molecule has 0 bridgehead atoms. The van der Waals surface area contributed by atoms with Crippen LogP contribution in [0.4, 0.5) is 13.2 Å². The first-order valence-corrected chi connectivity index (χ1v) is 8.87. The van der Waals surface area contributed by atoms with Crippen LogP contribution in [0.15, 0.2) is 29.7 Å². The Morgan fingerprint density at radius 1 is 1.27 bits per heavy atom. The number of Topliss-reactive ketones (excluding diaryl/α,β-unsaturated/α-hetero) is 1. The molecule has 10 heteroatoms. The number of nitrogens with zero attached hydrogens (tertiary/aromatic N) is 3. The third-order valence-corrected chi connectivity index (χ3v) is 4.75. The Bertz CT molecular complexity index is 816. The van der Waals surface area contributed by atoms with E-state index in [1.54, 1.807) is 4.90 Å². The van der Waals surface area contributed by atoms with Crippen molar-refractivity contribution in [1.29, 1.82) is 0 Å². The molecule has 0 atom stereocenters. The third-order valence-electron chi connectivity index (χ3n) is 3.88. The van der Waals surface area contributed by atoms with Crippen molar-refractivity contribution in [2.75, 3.05) is 18.8 Å². The van der Waals surface area contributed by atoms with E-state index >= 15 is 0 Å². The van der Waals surface area contributed by atoms with Gasteiger partial charge in [-0.05, 0) is 25.0 Å². The molecule has 0 saturated carbocycles. The molecule has 0 aromatic carbocycles. The van der Waals surface area contributed by atoms with Crippen LogP contribution in [0.1, 0.15) is 39.4 Å². The number of hydrogen-bond acceptors (Lipinski definition) is 5. The highest BCUT2D eigenvalue weighted by Crippen LogP contribution is 2.28. The Balaban J connectivity index is 1.61. The fourth-order valence-electron chi connectivity index (χ4n) is 2.55. The molecular weight excluding hydrogens is 369 g/mol. The number of aromatic nitrogens is 3. The number of halogens is 3. The van der Waals surface area contributed by atoms with Gasteiger partial charge in [0, 0.05) is 31.0 Å². The highest BCUT2D eigenvalue weighted by Gasteiger charge is 2.32. The highest BCUT2D eigenvalue weighted by molar-refractivity contribution is 7.99. The molecule has 26 heavy (non-hydrogen) atoms. The van der Waals surface area contributed by atoms with E-state index in [0.29, 0.717) is 24.3 Å². The fourth-order valence-corrected chi connectivity index (χ4v) is 3.28. The number of ketones is 1. The van der Waals surface area contributed by atoms with Crippen molar-refractivity contribution in [2.45, 2.75) is 24.2 Å². The summed E-state index contributed by atoms with van der Waals surface area (Å²) in [5.41, 5.74) is -0.426. The number of nitrogens with one attached hydrogen (secondary N) is 1. The maximum Gasteiger partial charge on any atom is 0.433 e. The maximum atomic E-state index is 12.6. The molecule has 3 heterocycles. The number of aromatic amines is 1. The Morgan fingerprint density at radius 2 is 2.00 bits per heavy atom. The van der Waals surface area contributed by atoms with E-state index in [9.17, 15) is 22.8 Å². The summed E-state index contributed by atoms with van der Waals surface area (Å²) in [6, 6.07) is 2.24. The standard InChI is InChI=1S/C16H15F3N4O2S/c17-16(18,19)13-3-4-20-15(22-13)26-9-12(24)10-7-11(21-8-10)14(25)23-5-1-2-6-23/h3-4,7-8,21H,1-2,5-6,9H2. The van der Waals surface area contributed by atoms with Gasteiger partial charge in [0.15, 0.2) is 10.9 Å². The molecule has 2 aromatic rings. The van der Waals surface area contributed by atoms with Crippen molar-refractivity contribution in [3.8, 4) is 0 Å². The lowest BCUT2D eigenvalue weighted by Crippen LogP contribution is -2.27. The molecule has 0 radical (unpaired) electrons. The number of carbonyl (C=O) groups is 2. The molecule has 0 spiro atoms. The molecule has 2 aromatic heterocycles. The largest absolute Gasteiger partial charge is 0.433 e. The minimum atomic E-state index is -4.56. The van der Waals surface area contributed by atoms with Gasteiger partial charge in [-0.1, -0.05) is 11.8 Å². The third kappa shape index (κ3) is 4.24. The summed E-state index contributed by atoms with van der Waals surface area (Å²) < 4.78 is 37.9. The van der Waals surface area contributed by atoms with Crippen LogP contribution in [-0.4, -0.2) is 50.4 Å². The Kier molecular flexibility index (Phi) is 5.30. The Hall–Kier alpha value is -2.36. The molecule has 3 rings (SSSR count). The minimum Gasteiger partial charge on any atom is -0.356 e. The van der Waals surface area contributed by atoms with Crippen LogP contribution < -0.4 is 0 Å². The van der Waals surface area contributed by atoms with Crippen LogP contribution in [0.25, 0.3) is 0 Å². The van der Waals surface area contributed by atoms with Crippen molar-refractivity contribution >= 4 is 23.5 Å². The smallest absolute Gasteiger partial charge is 0.356 e. The van der Waals surface area contributed by atoms with Gasteiger partial charge < -0.3 is 9.88 Å². The normalized spacial score (nSPS) is 14.7. The van der Waals surface area contributed by atoms with Crippen LogP contribution in [0.3, 0.4) is 0 Å². The van der Waals surface area contributed by atoms with Gasteiger partial charge in [-0.25, -0.2) is 9.97 Å². The van der Waals surface area contributed by atoms with Gasteiger partial charge in [-0.2, -0.15) is 13.2 Å².